The van der Waals surface area contributed by atoms with E-state index in [0.29, 0.717) is 22.4 Å². The topological polar surface area (TPSA) is 58.3 Å². The maximum Gasteiger partial charge on any atom is 0.471 e. The van der Waals surface area contributed by atoms with Crippen LogP contribution in [0.25, 0.3) is 15.9 Å². The van der Waals surface area contributed by atoms with Crippen LogP contribution in [0.15, 0.2) is 6.33 Å². The number of H-pyrrole nitrogens is 1. The highest BCUT2D eigenvalue weighted by Crippen LogP contribution is 2.34. The van der Waals surface area contributed by atoms with Crippen molar-refractivity contribution in [2.24, 2.45) is 0 Å². The first kappa shape index (κ1) is 15.5. The number of carbonyl (C=O) groups excluding carboxylic acids is 1. The van der Waals surface area contributed by atoms with Crippen LogP contribution in [-0.2, 0) is 17.8 Å². The Balaban J connectivity index is 2.07. The fourth-order valence-corrected chi connectivity index (χ4v) is 3.07. The molecule has 0 aromatic carbocycles. The Kier molecular flexibility index (Phi) is 3.60. The Labute approximate surface area is 133 Å². The normalized spacial score (nSPS) is 15.1. The molecule has 2 aromatic rings. The van der Waals surface area contributed by atoms with Crippen LogP contribution in [0.5, 0.6) is 0 Å². The van der Waals surface area contributed by atoms with Gasteiger partial charge in [0.1, 0.15) is 0 Å². The van der Waals surface area contributed by atoms with Crippen molar-refractivity contribution in [2.75, 3.05) is 13.1 Å². The molecule has 3 heterocycles. The molecule has 1 aliphatic rings. The van der Waals surface area contributed by atoms with Gasteiger partial charge >= 0.3 is 12.1 Å². The van der Waals surface area contributed by atoms with Crippen molar-refractivity contribution in [1.29, 1.82) is 0 Å². The first-order valence-corrected chi connectivity index (χ1v) is 7.07. The third-order valence-corrected chi connectivity index (χ3v) is 4.09. The summed E-state index contributed by atoms with van der Waals surface area (Å²) >= 11 is 5.17. The van der Waals surface area contributed by atoms with Crippen LogP contribution in [0, 0.1) is 11.2 Å². The highest BCUT2D eigenvalue weighted by molar-refractivity contribution is 7.71. The number of nitrogens with one attached hydrogen (secondary N) is 1. The highest BCUT2D eigenvalue weighted by atomic mass is 32.1. The Morgan fingerprint density at radius 2 is 2.13 bits per heavy atom. The molecule has 0 bridgehead atoms. The van der Waals surface area contributed by atoms with E-state index in [1.807, 2.05) is 0 Å². The van der Waals surface area contributed by atoms with Gasteiger partial charge in [0.15, 0.2) is 4.64 Å². The van der Waals surface area contributed by atoms with Crippen LogP contribution in [0.1, 0.15) is 5.69 Å². The van der Waals surface area contributed by atoms with Crippen molar-refractivity contribution < 1.29 is 18.0 Å². The van der Waals surface area contributed by atoms with Crippen molar-refractivity contribution in [3.63, 3.8) is 0 Å². The molecule has 1 amide bonds. The molecule has 1 aliphatic heterocycles. The number of alkyl halides is 3. The second-order valence-electron chi connectivity index (χ2n) is 5.03. The van der Waals surface area contributed by atoms with Gasteiger partial charge in [0.25, 0.3) is 0 Å². The summed E-state index contributed by atoms with van der Waals surface area (Å²) in [6, 6.07) is 0. The summed E-state index contributed by atoms with van der Waals surface area (Å²) in [5.41, 5.74) is 1.94. The van der Waals surface area contributed by atoms with Gasteiger partial charge in [-0.1, -0.05) is 12.2 Å². The lowest BCUT2D eigenvalue weighted by molar-refractivity contribution is -0.185. The van der Waals surface area contributed by atoms with E-state index in [4.69, 9.17) is 18.8 Å². The van der Waals surface area contributed by atoms with E-state index in [-0.39, 0.29) is 30.7 Å². The number of amides is 1. The number of rotatable bonds is 0. The molecule has 0 saturated heterocycles. The maximum absolute atomic E-state index is 12.6. The summed E-state index contributed by atoms with van der Waals surface area (Å²) in [6.45, 7) is 7.27. The minimum atomic E-state index is -4.90. The summed E-state index contributed by atoms with van der Waals surface area (Å²) in [6.07, 6.45) is -3.36. The van der Waals surface area contributed by atoms with E-state index in [1.54, 1.807) is 4.57 Å². The summed E-state index contributed by atoms with van der Waals surface area (Å²) in [5.74, 6) is -1.86. The third kappa shape index (κ3) is 2.46. The largest absolute Gasteiger partial charge is 0.471 e. The first-order chi connectivity index (χ1) is 10.8. The van der Waals surface area contributed by atoms with Crippen molar-refractivity contribution in [3.8, 4) is 0 Å². The van der Waals surface area contributed by atoms with E-state index in [0.717, 1.165) is 4.90 Å². The molecule has 0 fully saturated rings. The molecule has 10 heteroatoms. The molecular formula is C13H10F3N5OS. The number of halogens is 3. The molecule has 0 unspecified atom stereocenters. The molecule has 0 spiro atoms. The molecule has 2 aromatic heterocycles. The van der Waals surface area contributed by atoms with E-state index in [9.17, 15) is 18.0 Å². The monoisotopic (exact) mass is 341 g/mol. The summed E-state index contributed by atoms with van der Waals surface area (Å²) in [4.78, 5) is 22.5. The van der Waals surface area contributed by atoms with Gasteiger partial charge in [0, 0.05) is 25.3 Å². The molecule has 3 rings (SSSR count). The highest BCUT2D eigenvalue weighted by Gasteiger charge is 2.42. The molecule has 0 aliphatic carbocycles. The summed E-state index contributed by atoms with van der Waals surface area (Å²) in [7, 11) is 0. The van der Waals surface area contributed by atoms with Gasteiger partial charge in [-0.05, 0) is 6.42 Å². The summed E-state index contributed by atoms with van der Waals surface area (Å²) in [5, 5.41) is 0. The van der Waals surface area contributed by atoms with E-state index in [1.165, 1.54) is 6.33 Å². The Bertz CT molecular complexity index is 892. The van der Waals surface area contributed by atoms with E-state index in [2.05, 4.69) is 14.8 Å². The molecule has 120 valence electrons. The van der Waals surface area contributed by atoms with Crippen LogP contribution in [-0.4, -0.2) is 44.6 Å². The zero-order chi connectivity index (χ0) is 16.8. The maximum atomic E-state index is 12.6. The van der Waals surface area contributed by atoms with Crippen LogP contribution < -0.4 is 0 Å². The van der Waals surface area contributed by atoms with Crippen LogP contribution >= 0.6 is 12.2 Å². The van der Waals surface area contributed by atoms with Gasteiger partial charge in [-0.15, -0.1) is 0 Å². The lowest BCUT2D eigenvalue weighted by atomic mass is 10.2. The standard InChI is InChI=1S/C13H10F3N5OS/c1-17-8-7-2-3-20(12(22)13(14,15)16)4-5-21(7)10-9(8)18-6-19-11(10)23/h6H,2-5H2,(H,18,19,23). The van der Waals surface area contributed by atoms with Crippen LogP contribution in [0.4, 0.5) is 18.9 Å². The van der Waals surface area contributed by atoms with Gasteiger partial charge in [-0.2, -0.15) is 13.2 Å². The second kappa shape index (κ2) is 5.34. The van der Waals surface area contributed by atoms with Gasteiger partial charge < -0.3 is 14.5 Å². The van der Waals surface area contributed by atoms with Crippen molar-refractivity contribution in [1.82, 2.24) is 19.4 Å². The molecular weight excluding hydrogens is 331 g/mol. The molecule has 6 nitrogen and oxygen atoms in total. The van der Waals surface area contributed by atoms with Crippen LogP contribution in [0.3, 0.4) is 0 Å². The predicted molar refractivity (Wildman–Crippen MR) is 77.5 cm³/mol. The number of aromatic amines is 1. The van der Waals surface area contributed by atoms with Gasteiger partial charge in [0.2, 0.25) is 5.69 Å². The minimum Gasteiger partial charge on any atom is -0.354 e. The number of carbonyl (C=O) groups is 1. The zero-order valence-electron chi connectivity index (χ0n) is 11.6. The molecule has 0 atom stereocenters. The smallest absolute Gasteiger partial charge is 0.354 e. The van der Waals surface area contributed by atoms with Crippen molar-refractivity contribution >= 4 is 34.8 Å². The SMILES string of the molecule is [C-]#[N+]c1c2n(c3c(=S)nc[nH]c13)CCN(C(=O)C(F)(F)F)CC2. The van der Waals surface area contributed by atoms with E-state index >= 15 is 0 Å². The van der Waals surface area contributed by atoms with Crippen molar-refractivity contribution in [3.05, 3.63) is 28.1 Å². The zero-order valence-corrected chi connectivity index (χ0v) is 12.5. The number of aromatic nitrogens is 3. The molecule has 0 saturated carbocycles. The summed E-state index contributed by atoms with van der Waals surface area (Å²) < 4.78 is 39.8. The number of nitrogens with zero attached hydrogens (tertiary/aromatic N) is 4. The van der Waals surface area contributed by atoms with E-state index < -0.39 is 12.1 Å². The van der Waals surface area contributed by atoms with Crippen molar-refractivity contribution in [2.45, 2.75) is 19.1 Å². The fraction of sp³-hybridized carbons (Fsp3) is 0.385. The minimum absolute atomic E-state index is 0.0998. The fourth-order valence-electron chi connectivity index (χ4n) is 2.81. The van der Waals surface area contributed by atoms with Gasteiger partial charge in [-0.3, -0.25) is 4.79 Å². The second-order valence-corrected chi connectivity index (χ2v) is 5.42. The van der Waals surface area contributed by atoms with Crippen LogP contribution in [0.2, 0.25) is 0 Å². The number of hydrogen-bond acceptors (Lipinski definition) is 3. The molecule has 0 radical (unpaired) electrons. The number of fused-ring (bicyclic) bond motifs is 3. The molecule has 1 N–H and O–H groups in total. The number of hydrogen-bond donors (Lipinski definition) is 1. The molecule has 23 heavy (non-hydrogen) atoms. The lowest BCUT2D eigenvalue weighted by Gasteiger charge is -2.21. The third-order valence-electron chi connectivity index (χ3n) is 3.79. The predicted octanol–water partition coefficient (Wildman–Crippen LogP) is 2.59. The lowest BCUT2D eigenvalue weighted by Crippen LogP contribution is -2.42. The average molecular weight is 341 g/mol. The average Bonchev–Trinajstić information content (AvgIpc) is 2.64. The van der Waals surface area contributed by atoms with Gasteiger partial charge in [-0.25, -0.2) is 9.83 Å². The van der Waals surface area contributed by atoms with Gasteiger partial charge in [0.05, 0.1) is 23.9 Å². The quantitative estimate of drug-likeness (QED) is 0.592. The Hall–Kier alpha value is -2.41. The Morgan fingerprint density at radius 3 is 2.78 bits per heavy atom. The first-order valence-electron chi connectivity index (χ1n) is 6.67. The Morgan fingerprint density at radius 1 is 1.39 bits per heavy atom.